The summed E-state index contributed by atoms with van der Waals surface area (Å²) in [6.45, 7) is 0. The molecular weight excluding hydrogens is 823 g/mol. The Kier molecular flexibility index (Phi) is 9.00. The zero-order chi connectivity index (χ0) is 43.6. The molecule has 0 radical (unpaired) electrons. The lowest BCUT2D eigenvalue weighted by Gasteiger charge is -2.13. The van der Waals surface area contributed by atoms with Crippen molar-refractivity contribution >= 4 is 64.2 Å². The van der Waals surface area contributed by atoms with Crippen LogP contribution in [0.1, 0.15) is 0 Å². The van der Waals surface area contributed by atoms with Crippen LogP contribution in [0.15, 0.2) is 229 Å². The molecule has 3 heterocycles. The van der Waals surface area contributed by atoms with E-state index in [4.69, 9.17) is 19.4 Å². The fourth-order valence-corrected chi connectivity index (χ4v) is 10.9. The van der Waals surface area contributed by atoms with Crippen LogP contribution in [-0.2, 0) is 0 Å². The first-order valence-electron chi connectivity index (χ1n) is 22.2. The number of aromatic nitrogens is 3. The normalized spacial score (nSPS) is 11.6. The molecule has 0 amide bonds. The number of fused-ring (bicyclic) bond motifs is 7. The summed E-state index contributed by atoms with van der Waals surface area (Å²) in [5.74, 6) is 1.79. The van der Waals surface area contributed by atoms with Gasteiger partial charge in [-0.1, -0.05) is 200 Å². The number of hydrogen-bond donors (Lipinski definition) is 0. The number of benzene rings is 10. The summed E-state index contributed by atoms with van der Waals surface area (Å²) in [4.78, 5) is 15.7. The van der Waals surface area contributed by atoms with Gasteiger partial charge in [-0.3, -0.25) is 0 Å². The van der Waals surface area contributed by atoms with E-state index >= 15 is 0 Å². The monoisotopic (exact) mass is 859 g/mol. The fraction of sp³-hybridized carbons (Fsp3) is 0. The average molecular weight is 860 g/mol. The molecule has 3 aromatic heterocycles. The van der Waals surface area contributed by atoms with Crippen LogP contribution in [0.5, 0.6) is 0 Å². The second-order valence-electron chi connectivity index (χ2n) is 16.7. The Labute approximate surface area is 384 Å². The van der Waals surface area contributed by atoms with Gasteiger partial charge in [0.2, 0.25) is 0 Å². The SMILES string of the molecule is c1ccc(-c2ccc3oc4cccc(-c5nc(-c6ccc(-c7ccccc7-c7cccc8c7sc7c(-c9ccccc9)cccc78)cc6)nc(-c6ccc7ccccc7c6)n5)c4c3c2)cc1. The van der Waals surface area contributed by atoms with Crippen molar-refractivity contribution in [3.05, 3.63) is 224 Å². The fourth-order valence-electron chi connectivity index (χ4n) is 9.55. The minimum Gasteiger partial charge on any atom is -0.456 e. The largest absolute Gasteiger partial charge is 0.456 e. The zero-order valence-corrected chi connectivity index (χ0v) is 36.3. The summed E-state index contributed by atoms with van der Waals surface area (Å²) in [5, 5.41) is 6.84. The van der Waals surface area contributed by atoms with Gasteiger partial charge in [0.1, 0.15) is 11.2 Å². The van der Waals surface area contributed by atoms with Crippen LogP contribution in [-0.4, -0.2) is 15.0 Å². The Morgan fingerprint density at radius 1 is 0.288 bits per heavy atom. The molecule has 0 aliphatic carbocycles. The Morgan fingerprint density at radius 2 is 0.833 bits per heavy atom. The van der Waals surface area contributed by atoms with Crippen molar-refractivity contribution in [2.24, 2.45) is 0 Å². The van der Waals surface area contributed by atoms with Gasteiger partial charge in [0, 0.05) is 53.2 Å². The quantitative estimate of drug-likeness (QED) is 0.160. The topological polar surface area (TPSA) is 51.8 Å². The van der Waals surface area contributed by atoms with Crippen LogP contribution in [0.3, 0.4) is 0 Å². The van der Waals surface area contributed by atoms with Crippen LogP contribution >= 0.6 is 11.3 Å². The van der Waals surface area contributed by atoms with Crippen LogP contribution in [0, 0.1) is 0 Å². The predicted octanol–water partition coefficient (Wildman–Crippen LogP) is 17.0. The van der Waals surface area contributed by atoms with Crippen molar-refractivity contribution in [2.45, 2.75) is 0 Å². The summed E-state index contributed by atoms with van der Waals surface area (Å²) in [5.41, 5.74) is 13.8. The molecule has 66 heavy (non-hydrogen) atoms. The summed E-state index contributed by atoms with van der Waals surface area (Å²) in [7, 11) is 0. The highest BCUT2D eigenvalue weighted by Gasteiger charge is 2.20. The number of rotatable bonds is 7. The van der Waals surface area contributed by atoms with Crippen molar-refractivity contribution in [1.29, 1.82) is 0 Å². The third-order valence-corrected chi connectivity index (χ3v) is 14.1. The molecule has 0 saturated carbocycles. The molecule has 0 aliphatic rings. The Hall–Kier alpha value is -8.51. The third-order valence-electron chi connectivity index (χ3n) is 12.8. The average Bonchev–Trinajstić information content (AvgIpc) is 3.98. The molecule has 0 N–H and O–H groups in total. The molecule has 10 aromatic carbocycles. The van der Waals surface area contributed by atoms with Gasteiger partial charge in [0.25, 0.3) is 0 Å². The molecule has 0 saturated heterocycles. The minimum absolute atomic E-state index is 0.586. The van der Waals surface area contributed by atoms with Crippen molar-refractivity contribution in [3.63, 3.8) is 0 Å². The van der Waals surface area contributed by atoms with Gasteiger partial charge in [-0.2, -0.15) is 0 Å². The second kappa shape index (κ2) is 15.6. The van der Waals surface area contributed by atoms with Gasteiger partial charge in [0.15, 0.2) is 17.5 Å². The van der Waals surface area contributed by atoms with E-state index in [1.54, 1.807) is 0 Å². The highest BCUT2D eigenvalue weighted by Crippen LogP contribution is 2.46. The first-order chi connectivity index (χ1) is 32.7. The highest BCUT2D eigenvalue weighted by atomic mass is 32.1. The van der Waals surface area contributed by atoms with Gasteiger partial charge in [-0.15, -0.1) is 11.3 Å². The summed E-state index contributed by atoms with van der Waals surface area (Å²) < 4.78 is 9.07. The molecule has 0 spiro atoms. The van der Waals surface area contributed by atoms with E-state index in [0.29, 0.717) is 17.5 Å². The van der Waals surface area contributed by atoms with Gasteiger partial charge < -0.3 is 4.42 Å². The van der Waals surface area contributed by atoms with Crippen molar-refractivity contribution in [1.82, 2.24) is 15.0 Å². The first-order valence-corrected chi connectivity index (χ1v) is 23.0. The molecule has 0 unspecified atom stereocenters. The van der Waals surface area contributed by atoms with E-state index in [9.17, 15) is 0 Å². The third kappa shape index (κ3) is 6.48. The lowest BCUT2D eigenvalue weighted by molar-refractivity contribution is 0.669. The molecule has 13 aromatic rings. The molecule has 308 valence electrons. The zero-order valence-electron chi connectivity index (χ0n) is 35.5. The van der Waals surface area contributed by atoms with Crippen molar-refractivity contribution < 1.29 is 4.42 Å². The van der Waals surface area contributed by atoms with Gasteiger partial charge in [-0.25, -0.2) is 15.0 Å². The number of furan rings is 1. The standard InChI is InChI=1S/C61H37N3OS/c1-3-14-38(15-4-1)44-34-35-54-53(37-44)56-52(26-13-27-55(56)65-54)61-63-59(62-60(64-61)45-33-28-39-16-7-8-19-43(39)36-45)42-31-29-41(30-32-42)46-20-9-10-21-48(46)49-23-12-25-51-50-24-11-22-47(57(50)66-58(49)51)40-17-5-2-6-18-40/h1-37H. The molecule has 0 bridgehead atoms. The molecule has 5 heteroatoms. The molecule has 0 atom stereocenters. The van der Waals surface area contributed by atoms with Crippen LogP contribution < -0.4 is 0 Å². The van der Waals surface area contributed by atoms with Gasteiger partial charge >= 0.3 is 0 Å². The van der Waals surface area contributed by atoms with E-state index in [1.807, 2.05) is 29.5 Å². The van der Waals surface area contributed by atoms with E-state index in [1.165, 1.54) is 48.0 Å². The van der Waals surface area contributed by atoms with Crippen LogP contribution in [0.25, 0.3) is 132 Å². The smallest absolute Gasteiger partial charge is 0.164 e. The van der Waals surface area contributed by atoms with E-state index in [0.717, 1.165) is 66.1 Å². The van der Waals surface area contributed by atoms with E-state index < -0.39 is 0 Å². The molecular formula is C61H37N3OS. The van der Waals surface area contributed by atoms with Crippen molar-refractivity contribution in [2.75, 3.05) is 0 Å². The maximum absolute atomic E-state index is 6.47. The van der Waals surface area contributed by atoms with Gasteiger partial charge in [0.05, 0.1) is 0 Å². The van der Waals surface area contributed by atoms with Crippen molar-refractivity contribution in [3.8, 4) is 78.7 Å². The lowest BCUT2D eigenvalue weighted by atomic mass is 9.93. The number of hydrogen-bond acceptors (Lipinski definition) is 5. The van der Waals surface area contributed by atoms with Gasteiger partial charge in [-0.05, 0) is 74.0 Å². The van der Waals surface area contributed by atoms with Crippen LogP contribution in [0.2, 0.25) is 0 Å². The lowest BCUT2D eigenvalue weighted by Crippen LogP contribution is -2.00. The molecule has 4 nitrogen and oxygen atoms in total. The summed E-state index contributed by atoms with van der Waals surface area (Å²) in [6, 6.07) is 79.3. The number of thiophene rings is 1. The van der Waals surface area contributed by atoms with Crippen LogP contribution in [0.4, 0.5) is 0 Å². The Bertz CT molecular complexity index is 3990. The number of nitrogens with zero attached hydrogens (tertiary/aromatic N) is 3. The highest BCUT2D eigenvalue weighted by molar-refractivity contribution is 7.26. The predicted molar refractivity (Wildman–Crippen MR) is 276 cm³/mol. The first kappa shape index (κ1) is 38.0. The minimum atomic E-state index is 0.586. The maximum Gasteiger partial charge on any atom is 0.164 e. The van der Waals surface area contributed by atoms with E-state index in [2.05, 4.69) is 206 Å². The second-order valence-corrected chi connectivity index (χ2v) is 17.7. The van der Waals surface area contributed by atoms with E-state index in [-0.39, 0.29) is 0 Å². The molecule has 0 aliphatic heterocycles. The Balaban J connectivity index is 0.940. The molecule has 13 rings (SSSR count). The summed E-state index contributed by atoms with van der Waals surface area (Å²) in [6.07, 6.45) is 0. The molecule has 0 fully saturated rings. The maximum atomic E-state index is 6.47. The Morgan fingerprint density at radius 3 is 1.62 bits per heavy atom. The summed E-state index contributed by atoms with van der Waals surface area (Å²) >= 11 is 1.88.